The zero-order valence-corrected chi connectivity index (χ0v) is 14.0. The molecule has 3 N–H and O–H groups in total. The molecule has 1 amide bonds. The van der Waals surface area contributed by atoms with Crippen LogP contribution in [0.3, 0.4) is 0 Å². The van der Waals surface area contributed by atoms with Gasteiger partial charge in [0, 0.05) is 18.0 Å². The highest BCUT2D eigenvalue weighted by Crippen LogP contribution is 2.27. The monoisotopic (exact) mass is 366 g/mol. The van der Waals surface area contributed by atoms with Gasteiger partial charge in [0.15, 0.2) is 0 Å². The summed E-state index contributed by atoms with van der Waals surface area (Å²) in [6.07, 6.45) is 6.23. The van der Waals surface area contributed by atoms with Crippen LogP contribution in [0.15, 0.2) is 15.2 Å². The molecule has 1 atom stereocenters. The van der Waals surface area contributed by atoms with E-state index in [4.69, 9.17) is 5.73 Å². The van der Waals surface area contributed by atoms with Crippen LogP contribution in [0, 0.1) is 5.92 Å². The third-order valence-electron chi connectivity index (χ3n) is 3.62. The molecule has 0 aliphatic heterocycles. The normalized spacial score (nSPS) is 17.6. The van der Waals surface area contributed by atoms with Crippen molar-refractivity contribution in [3.05, 3.63) is 20.8 Å². The van der Waals surface area contributed by atoms with E-state index in [1.54, 1.807) is 0 Å². The first-order chi connectivity index (χ1) is 8.70. The van der Waals surface area contributed by atoms with Gasteiger partial charge in [-0.05, 0) is 40.8 Å². The van der Waals surface area contributed by atoms with Crippen LogP contribution in [-0.4, -0.2) is 18.5 Å². The maximum Gasteiger partial charge on any atom is 0.252 e. The molecule has 6 heteroatoms. The first-order valence-corrected chi connectivity index (χ1v) is 8.13. The average molecular weight is 368 g/mol. The maximum absolute atomic E-state index is 12.1. The van der Waals surface area contributed by atoms with E-state index in [0.717, 1.165) is 9.35 Å². The predicted molar refractivity (Wildman–Crippen MR) is 86.2 cm³/mol. The van der Waals surface area contributed by atoms with Gasteiger partial charge in [-0.25, -0.2) is 0 Å². The number of nitrogens with one attached hydrogen (secondary N) is 1. The molecule has 0 bridgehead atoms. The Labute approximate surface area is 132 Å². The fourth-order valence-electron chi connectivity index (χ4n) is 2.59. The Morgan fingerprint density at radius 2 is 2.16 bits per heavy atom. The molecule has 0 spiro atoms. The first kappa shape index (κ1) is 17.0. The summed E-state index contributed by atoms with van der Waals surface area (Å²) < 4.78 is 0.981. The summed E-state index contributed by atoms with van der Waals surface area (Å²) in [7, 11) is 0. The van der Waals surface area contributed by atoms with Gasteiger partial charge in [-0.15, -0.1) is 23.7 Å². The lowest BCUT2D eigenvalue weighted by molar-refractivity contribution is 0.0916. The number of nitrogens with two attached hydrogens (primary N) is 1. The van der Waals surface area contributed by atoms with Crippen LogP contribution in [0.4, 0.5) is 0 Å². The summed E-state index contributed by atoms with van der Waals surface area (Å²) in [5.41, 5.74) is 6.54. The fourth-order valence-corrected chi connectivity index (χ4v) is 3.72. The van der Waals surface area contributed by atoms with Gasteiger partial charge in [-0.3, -0.25) is 4.79 Å². The molecule has 1 heterocycles. The maximum atomic E-state index is 12.1. The number of halogens is 2. The molecular weight excluding hydrogens is 348 g/mol. The van der Waals surface area contributed by atoms with Crippen LogP contribution >= 0.6 is 39.7 Å². The van der Waals surface area contributed by atoms with Gasteiger partial charge in [-0.1, -0.05) is 19.3 Å². The molecule has 1 aliphatic carbocycles. The van der Waals surface area contributed by atoms with Crippen molar-refractivity contribution in [1.29, 1.82) is 0 Å². The molecule has 1 aromatic rings. The van der Waals surface area contributed by atoms with Gasteiger partial charge in [-0.2, -0.15) is 0 Å². The smallest absolute Gasteiger partial charge is 0.252 e. The average Bonchev–Trinajstić information content (AvgIpc) is 2.83. The predicted octanol–water partition coefficient (Wildman–Crippen LogP) is 3.57. The van der Waals surface area contributed by atoms with Crippen LogP contribution in [0.25, 0.3) is 0 Å². The van der Waals surface area contributed by atoms with Crippen molar-refractivity contribution >= 4 is 45.6 Å². The SMILES string of the molecule is Cl.NCC(NC(=O)c1csc(Br)c1)C1CCCCC1. The van der Waals surface area contributed by atoms with Gasteiger partial charge in [0.1, 0.15) is 0 Å². The minimum Gasteiger partial charge on any atom is -0.348 e. The lowest BCUT2D eigenvalue weighted by Crippen LogP contribution is -2.45. The van der Waals surface area contributed by atoms with E-state index in [1.165, 1.54) is 43.4 Å². The fraction of sp³-hybridized carbons (Fsp3) is 0.615. The molecule has 0 aromatic carbocycles. The van der Waals surface area contributed by atoms with Crippen molar-refractivity contribution in [2.45, 2.75) is 38.1 Å². The summed E-state index contributed by atoms with van der Waals surface area (Å²) in [6.45, 7) is 0.529. The molecule has 3 nitrogen and oxygen atoms in total. The number of thiophene rings is 1. The minimum absolute atomic E-state index is 0. The molecule has 2 rings (SSSR count). The third-order valence-corrected chi connectivity index (χ3v) is 5.12. The first-order valence-electron chi connectivity index (χ1n) is 6.45. The Bertz CT molecular complexity index is 407. The quantitative estimate of drug-likeness (QED) is 0.854. The molecule has 1 fully saturated rings. The molecule has 1 aliphatic rings. The zero-order valence-electron chi connectivity index (χ0n) is 10.7. The number of rotatable bonds is 4. The molecule has 1 unspecified atom stereocenters. The van der Waals surface area contributed by atoms with Crippen LogP contribution in [0.5, 0.6) is 0 Å². The topological polar surface area (TPSA) is 55.1 Å². The standard InChI is InChI=1S/C13H19BrN2OS.ClH/c14-12-6-10(8-18-12)13(17)16-11(7-15)9-4-2-1-3-5-9;/h6,8-9,11H,1-5,7,15H2,(H,16,17);1H. The minimum atomic E-state index is -0.00188. The highest BCUT2D eigenvalue weighted by Gasteiger charge is 2.24. The number of carbonyl (C=O) groups is 1. The van der Waals surface area contributed by atoms with Gasteiger partial charge in [0.25, 0.3) is 5.91 Å². The summed E-state index contributed by atoms with van der Waals surface area (Å²) in [6, 6.07) is 1.98. The van der Waals surface area contributed by atoms with E-state index in [1.807, 2.05) is 11.4 Å². The van der Waals surface area contributed by atoms with Crippen LogP contribution in [-0.2, 0) is 0 Å². The van der Waals surface area contributed by atoms with Crippen molar-refractivity contribution < 1.29 is 4.79 Å². The van der Waals surface area contributed by atoms with Gasteiger partial charge in [0.2, 0.25) is 0 Å². The van der Waals surface area contributed by atoms with Crippen molar-refractivity contribution in [2.24, 2.45) is 11.7 Å². The molecule has 0 radical (unpaired) electrons. The highest BCUT2D eigenvalue weighted by atomic mass is 79.9. The number of hydrogen-bond acceptors (Lipinski definition) is 3. The van der Waals surface area contributed by atoms with E-state index in [2.05, 4.69) is 21.2 Å². The molecular formula is C13H20BrClN2OS. The second kappa shape index (κ2) is 8.25. The van der Waals surface area contributed by atoms with Crippen molar-refractivity contribution in [3.8, 4) is 0 Å². The van der Waals surface area contributed by atoms with Crippen molar-refractivity contribution in [2.75, 3.05) is 6.54 Å². The number of hydrogen-bond donors (Lipinski definition) is 2. The van der Waals surface area contributed by atoms with E-state index >= 15 is 0 Å². The summed E-state index contributed by atoms with van der Waals surface area (Å²) >= 11 is 4.90. The third kappa shape index (κ3) is 4.74. The van der Waals surface area contributed by atoms with Crippen molar-refractivity contribution in [3.63, 3.8) is 0 Å². The van der Waals surface area contributed by atoms with E-state index in [9.17, 15) is 4.79 Å². The summed E-state index contributed by atoms with van der Waals surface area (Å²) in [5, 5.41) is 4.96. The Hall–Kier alpha value is -0.100. The molecule has 1 saturated carbocycles. The van der Waals surface area contributed by atoms with Gasteiger partial charge < -0.3 is 11.1 Å². The lowest BCUT2D eigenvalue weighted by atomic mass is 9.84. The van der Waals surface area contributed by atoms with E-state index < -0.39 is 0 Å². The Kier molecular flexibility index (Phi) is 7.36. The number of amides is 1. The van der Waals surface area contributed by atoms with Crippen LogP contribution < -0.4 is 11.1 Å². The molecule has 0 saturated heterocycles. The molecule has 1 aromatic heterocycles. The Morgan fingerprint density at radius 1 is 1.47 bits per heavy atom. The van der Waals surface area contributed by atoms with Gasteiger partial charge in [0.05, 0.1) is 9.35 Å². The molecule has 19 heavy (non-hydrogen) atoms. The van der Waals surface area contributed by atoms with Crippen LogP contribution in [0.2, 0.25) is 0 Å². The second-order valence-corrected chi connectivity index (χ2v) is 7.14. The van der Waals surface area contributed by atoms with E-state index in [0.29, 0.717) is 12.5 Å². The summed E-state index contributed by atoms with van der Waals surface area (Å²) in [4.78, 5) is 12.1. The molecule has 108 valence electrons. The Balaban J connectivity index is 0.00000180. The highest BCUT2D eigenvalue weighted by molar-refractivity contribution is 9.11. The van der Waals surface area contributed by atoms with Gasteiger partial charge >= 0.3 is 0 Å². The lowest BCUT2D eigenvalue weighted by Gasteiger charge is -2.30. The summed E-state index contributed by atoms with van der Waals surface area (Å²) in [5.74, 6) is 0.549. The zero-order chi connectivity index (χ0) is 13.0. The number of carbonyl (C=O) groups excluding carboxylic acids is 1. The van der Waals surface area contributed by atoms with Crippen LogP contribution in [0.1, 0.15) is 42.5 Å². The largest absolute Gasteiger partial charge is 0.348 e. The Morgan fingerprint density at radius 3 is 2.68 bits per heavy atom. The van der Waals surface area contributed by atoms with E-state index in [-0.39, 0.29) is 24.4 Å². The second-order valence-electron chi connectivity index (χ2n) is 4.85. The van der Waals surface area contributed by atoms with Crippen molar-refractivity contribution in [1.82, 2.24) is 5.32 Å².